The molecule has 0 radical (unpaired) electrons. The molecule has 1 amide bonds. The Morgan fingerprint density at radius 3 is 2.06 bits per heavy atom. The van der Waals surface area contributed by atoms with Gasteiger partial charge in [-0.05, 0) is 46.6 Å². The third-order valence-corrected chi connectivity index (χ3v) is 4.79. The average molecular weight is 253 g/mol. The molecule has 0 spiro atoms. The first kappa shape index (κ1) is 13.8. The molecule has 2 atom stereocenters. The van der Waals surface area contributed by atoms with E-state index in [-0.39, 0.29) is 5.92 Å². The number of hydrogen-bond donors (Lipinski definition) is 1. The van der Waals surface area contributed by atoms with Gasteiger partial charge in [0.05, 0.1) is 0 Å². The van der Waals surface area contributed by atoms with Crippen molar-refractivity contribution in [2.24, 2.45) is 11.7 Å². The Morgan fingerprint density at radius 2 is 1.56 bits per heavy atom. The zero-order chi connectivity index (χ0) is 13.3. The molecule has 2 N–H and O–H groups in total. The van der Waals surface area contributed by atoms with Gasteiger partial charge in [0.2, 0.25) is 5.91 Å². The fourth-order valence-corrected chi connectivity index (χ4v) is 3.21. The molecule has 0 bridgehead atoms. The number of hydrogen-bond acceptors (Lipinski definition) is 3. The molecule has 2 fully saturated rings. The maximum Gasteiger partial charge on any atom is 0.225 e. The van der Waals surface area contributed by atoms with Crippen LogP contribution in [-0.4, -0.2) is 54.0 Å². The topological polar surface area (TPSA) is 49.6 Å². The molecular formula is C14H27N3O. The Bertz CT molecular complexity index is 287. The highest BCUT2D eigenvalue weighted by molar-refractivity contribution is 5.79. The average Bonchev–Trinajstić information content (AvgIpc) is 2.35. The van der Waals surface area contributed by atoms with Crippen LogP contribution < -0.4 is 5.73 Å². The van der Waals surface area contributed by atoms with Crippen LogP contribution in [0.15, 0.2) is 0 Å². The minimum atomic E-state index is 0.229. The fourth-order valence-electron chi connectivity index (χ4n) is 3.21. The zero-order valence-corrected chi connectivity index (χ0v) is 11.9. The third kappa shape index (κ3) is 2.86. The van der Waals surface area contributed by atoms with Gasteiger partial charge in [-0.3, -0.25) is 9.69 Å². The van der Waals surface area contributed by atoms with Gasteiger partial charge in [0.25, 0.3) is 0 Å². The molecule has 1 heterocycles. The first-order valence-corrected chi connectivity index (χ1v) is 7.25. The summed E-state index contributed by atoms with van der Waals surface area (Å²) < 4.78 is 0. The van der Waals surface area contributed by atoms with Crippen molar-refractivity contribution in [1.82, 2.24) is 9.80 Å². The van der Waals surface area contributed by atoms with Gasteiger partial charge in [-0.2, -0.15) is 0 Å². The van der Waals surface area contributed by atoms with Crippen molar-refractivity contribution in [3.8, 4) is 0 Å². The molecular weight excluding hydrogens is 226 g/mol. The summed E-state index contributed by atoms with van der Waals surface area (Å²) in [4.78, 5) is 17.0. The minimum absolute atomic E-state index is 0.229. The van der Waals surface area contributed by atoms with Gasteiger partial charge >= 0.3 is 0 Å². The number of nitrogens with two attached hydrogens (primary N) is 1. The summed E-state index contributed by atoms with van der Waals surface area (Å²) in [5, 5.41) is 0. The molecule has 1 aliphatic heterocycles. The number of carbonyl (C=O) groups is 1. The summed E-state index contributed by atoms with van der Waals surface area (Å²) in [6.45, 7) is 6.16. The SMILES string of the molecule is CC1CN(C(=O)C2CCC(N)CC2)CC(C)N1C. The second kappa shape index (κ2) is 5.57. The van der Waals surface area contributed by atoms with E-state index in [1.165, 1.54) is 0 Å². The molecule has 4 nitrogen and oxygen atoms in total. The lowest BCUT2D eigenvalue weighted by Crippen LogP contribution is -2.57. The first-order chi connectivity index (χ1) is 8.49. The summed E-state index contributed by atoms with van der Waals surface area (Å²) >= 11 is 0. The van der Waals surface area contributed by atoms with E-state index >= 15 is 0 Å². The second-order valence-corrected chi connectivity index (χ2v) is 6.22. The van der Waals surface area contributed by atoms with Crippen LogP contribution in [0.25, 0.3) is 0 Å². The molecule has 2 unspecified atom stereocenters. The van der Waals surface area contributed by atoms with Gasteiger partial charge in [-0.1, -0.05) is 0 Å². The van der Waals surface area contributed by atoms with Crippen molar-refractivity contribution in [2.75, 3.05) is 20.1 Å². The predicted molar refractivity (Wildman–Crippen MR) is 73.2 cm³/mol. The lowest BCUT2D eigenvalue weighted by Gasteiger charge is -2.44. The number of piperazine rings is 1. The predicted octanol–water partition coefficient (Wildman–Crippen LogP) is 1.05. The lowest BCUT2D eigenvalue weighted by atomic mass is 9.85. The van der Waals surface area contributed by atoms with E-state index in [2.05, 4.69) is 30.7 Å². The number of rotatable bonds is 1. The fraction of sp³-hybridized carbons (Fsp3) is 0.929. The lowest BCUT2D eigenvalue weighted by molar-refractivity contribution is -0.140. The summed E-state index contributed by atoms with van der Waals surface area (Å²) in [7, 11) is 2.15. The smallest absolute Gasteiger partial charge is 0.225 e. The van der Waals surface area contributed by atoms with E-state index < -0.39 is 0 Å². The van der Waals surface area contributed by atoms with E-state index in [1.54, 1.807) is 0 Å². The van der Waals surface area contributed by atoms with E-state index in [0.717, 1.165) is 38.8 Å². The van der Waals surface area contributed by atoms with Crippen molar-refractivity contribution in [2.45, 2.75) is 57.7 Å². The van der Waals surface area contributed by atoms with Crippen molar-refractivity contribution in [1.29, 1.82) is 0 Å². The Balaban J connectivity index is 1.93. The number of carbonyl (C=O) groups excluding carboxylic acids is 1. The molecule has 1 saturated carbocycles. The van der Waals surface area contributed by atoms with Crippen LogP contribution in [0.2, 0.25) is 0 Å². The molecule has 1 aliphatic carbocycles. The summed E-state index contributed by atoms with van der Waals surface area (Å²) in [6.07, 6.45) is 3.98. The van der Waals surface area contributed by atoms with Gasteiger partial charge < -0.3 is 10.6 Å². The number of amides is 1. The van der Waals surface area contributed by atoms with Crippen LogP contribution in [0.5, 0.6) is 0 Å². The summed E-state index contributed by atoms with van der Waals surface area (Å²) in [6, 6.07) is 1.24. The Kier molecular flexibility index (Phi) is 4.28. The molecule has 2 aliphatic rings. The largest absolute Gasteiger partial charge is 0.339 e. The van der Waals surface area contributed by atoms with Crippen molar-refractivity contribution < 1.29 is 4.79 Å². The Labute approximate surface area is 110 Å². The van der Waals surface area contributed by atoms with Crippen LogP contribution in [-0.2, 0) is 4.79 Å². The Morgan fingerprint density at radius 1 is 1.06 bits per heavy atom. The highest BCUT2D eigenvalue weighted by Crippen LogP contribution is 2.26. The van der Waals surface area contributed by atoms with Crippen LogP contribution in [0.1, 0.15) is 39.5 Å². The third-order valence-electron chi connectivity index (χ3n) is 4.79. The van der Waals surface area contributed by atoms with Crippen LogP contribution in [0.4, 0.5) is 0 Å². The van der Waals surface area contributed by atoms with Crippen molar-refractivity contribution in [3.63, 3.8) is 0 Å². The molecule has 0 aromatic heterocycles. The molecule has 18 heavy (non-hydrogen) atoms. The highest BCUT2D eigenvalue weighted by atomic mass is 16.2. The van der Waals surface area contributed by atoms with Crippen LogP contribution >= 0.6 is 0 Å². The monoisotopic (exact) mass is 253 g/mol. The van der Waals surface area contributed by atoms with E-state index in [0.29, 0.717) is 24.0 Å². The molecule has 4 heteroatoms. The van der Waals surface area contributed by atoms with Crippen LogP contribution in [0.3, 0.4) is 0 Å². The number of nitrogens with zero attached hydrogens (tertiary/aromatic N) is 2. The molecule has 104 valence electrons. The Hall–Kier alpha value is -0.610. The van der Waals surface area contributed by atoms with Gasteiger partial charge in [-0.25, -0.2) is 0 Å². The minimum Gasteiger partial charge on any atom is -0.339 e. The molecule has 1 saturated heterocycles. The highest BCUT2D eigenvalue weighted by Gasteiger charge is 2.33. The maximum absolute atomic E-state index is 12.5. The van der Waals surface area contributed by atoms with Crippen molar-refractivity contribution in [3.05, 3.63) is 0 Å². The first-order valence-electron chi connectivity index (χ1n) is 7.25. The summed E-state index contributed by atoms with van der Waals surface area (Å²) in [5.41, 5.74) is 5.91. The standard InChI is InChI=1S/C14H27N3O/c1-10-8-17(9-11(2)16(10)3)14(18)12-4-6-13(15)7-5-12/h10-13H,4-9,15H2,1-3H3. The normalized spacial score (nSPS) is 38.8. The van der Waals surface area contributed by atoms with Crippen LogP contribution in [0, 0.1) is 5.92 Å². The van der Waals surface area contributed by atoms with Gasteiger partial charge in [0.15, 0.2) is 0 Å². The van der Waals surface area contributed by atoms with Gasteiger partial charge in [-0.15, -0.1) is 0 Å². The second-order valence-electron chi connectivity index (χ2n) is 6.22. The van der Waals surface area contributed by atoms with Crippen molar-refractivity contribution >= 4 is 5.91 Å². The van der Waals surface area contributed by atoms with E-state index in [1.807, 2.05) is 0 Å². The quantitative estimate of drug-likeness (QED) is 0.760. The van der Waals surface area contributed by atoms with E-state index in [9.17, 15) is 4.79 Å². The molecule has 2 rings (SSSR count). The summed E-state index contributed by atoms with van der Waals surface area (Å²) in [5.74, 6) is 0.598. The number of likely N-dealkylation sites (N-methyl/N-ethyl adjacent to an activating group) is 1. The van der Waals surface area contributed by atoms with Gasteiger partial charge in [0, 0.05) is 37.1 Å². The molecule has 0 aromatic carbocycles. The van der Waals surface area contributed by atoms with Gasteiger partial charge in [0.1, 0.15) is 0 Å². The van der Waals surface area contributed by atoms with E-state index in [4.69, 9.17) is 5.73 Å². The maximum atomic E-state index is 12.5. The molecule has 0 aromatic rings. The zero-order valence-electron chi connectivity index (χ0n) is 11.9.